The number of halogens is 3. The molecular weight excluding hydrogens is 296 g/mol. The fourth-order valence-electron chi connectivity index (χ4n) is 3.10. The highest BCUT2D eigenvalue weighted by Gasteiger charge is 2.24. The first-order valence-corrected chi connectivity index (χ1v) is 7.74. The average molecular weight is 314 g/mol. The van der Waals surface area contributed by atoms with E-state index in [2.05, 4.69) is 16.9 Å². The van der Waals surface area contributed by atoms with E-state index in [1.54, 1.807) is 0 Å². The summed E-state index contributed by atoms with van der Waals surface area (Å²) in [7, 11) is 2.08. The fraction of sp³-hybridized carbons (Fsp3) is 0.533. The molecule has 2 aromatic rings. The Labute approximate surface area is 127 Å². The molecule has 1 unspecified atom stereocenters. The normalized spacial score (nSPS) is 19.7. The van der Waals surface area contributed by atoms with Gasteiger partial charge in [0, 0.05) is 31.0 Å². The molecule has 1 saturated heterocycles. The molecule has 1 fully saturated rings. The van der Waals surface area contributed by atoms with E-state index < -0.39 is 11.6 Å². The van der Waals surface area contributed by atoms with Crippen LogP contribution in [0.1, 0.15) is 18.7 Å². The molecule has 6 heteroatoms. The minimum atomic E-state index is -0.612. The Hall–Kier alpha value is -1.20. The first kappa shape index (κ1) is 14.7. The van der Waals surface area contributed by atoms with Crippen LogP contribution in [0.25, 0.3) is 11.0 Å². The van der Waals surface area contributed by atoms with Crippen LogP contribution in [0.4, 0.5) is 8.78 Å². The highest BCUT2D eigenvalue weighted by Crippen LogP contribution is 2.25. The zero-order valence-electron chi connectivity index (χ0n) is 12.0. The molecule has 3 nitrogen and oxygen atoms in total. The molecule has 0 N–H and O–H groups in total. The number of fused-ring (bicyclic) bond motifs is 1. The summed E-state index contributed by atoms with van der Waals surface area (Å²) in [6.45, 7) is 1.76. The van der Waals surface area contributed by atoms with Crippen molar-refractivity contribution in [3.05, 3.63) is 29.6 Å². The molecule has 1 aliphatic rings. The van der Waals surface area contributed by atoms with Gasteiger partial charge in [0.05, 0.1) is 5.52 Å². The summed E-state index contributed by atoms with van der Waals surface area (Å²) in [6, 6.07) is 2.62. The molecule has 1 atom stereocenters. The van der Waals surface area contributed by atoms with Crippen molar-refractivity contribution in [1.82, 2.24) is 14.5 Å². The quantitative estimate of drug-likeness (QED) is 0.808. The number of nitrogens with zero attached hydrogens (tertiary/aromatic N) is 3. The van der Waals surface area contributed by atoms with Gasteiger partial charge in [-0.2, -0.15) is 0 Å². The van der Waals surface area contributed by atoms with E-state index in [1.165, 1.54) is 6.07 Å². The number of imidazole rings is 1. The van der Waals surface area contributed by atoms with Crippen molar-refractivity contribution in [2.45, 2.75) is 31.8 Å². The lowest BCUT2D eigenvalue weighted by Gasteiger charge is -2.21. The van der Waals surface area contributed by atoms with Crippen molar-refractivity contribution in [2.24, 2.45) is 0 Å². The van der Waals surface area contributed by atoms with Gasteiger partial charge in [-0.15, -0.1) is 11.6 Å². The number of aromatic nitrogens is 2. The van der Waals surface area contributed by atoms with Crippen LogP contribution in [0.3, 0.4) is 0 Å². The van der Waals surface area contributed by atoms with Crippen molar-refractivity contribution < 1.29 is 8.78 Å². The van der Waals surface area contributed by atoms with Gasteiger partial charge < -0.3 is 9.47 Å². The largest absolute Gasteiger partial charge is 0.326 e. The molecule has 2 heterocycles. The van der Waals surface area contributed by atoms with Gasteiger partial charge in [-0.1, -0.05) is 0 Å². The second-order valence-corrected chi connectivity index (χ2v) is 5.99. The number of likely N-dealkylation sites (tertiary alicyclic amines) is 1. The smallest absolute Gasteiger partial charge is 0.153 e. The fourth-order valence-corrected chi connectivity index (χ4v) is 3.27. The zero-order chi connectivity index (χ0) is 15.0. The van der Waals surface area contributed by atoms with Crippen LogP contribution in [0, 0.1) is 11.6 Å². The van der Waals surface area contributed by atoms with E-state index in [0.29, 0.717) is 30.4 Å². The summed E-state index contributed by atoms with van der Waals surface area (Å²) in [5.41, 5.74) is 0.755. The van der Waals surface area contributed by atoms with Gasteiger partial charge in [0.15, 0.2) is 5.82 Å². The van der Waals surface area contributed by atoms with Crippen molar-refractivity contribution in [2.75, 3.05) is 19.5 Å². The second-order valence-electron chi connectivity index (χ2n) is 5.61. The second kappa shape index (κ2) is 5.89. The summed E-state index contributed by atoms with van der Waals surface area (Å²) in [5, 5.41) is 0. The van der Waals surface area contributed by atoms with E-state index >= 15 is 0 Å². The number of alkyl halides is 1. The predicted octanol–water partition coefficient (Wildman–Crippen LogP) is 3.19. The highest BCUT2D eigenvalue weighted by atomic mass is 35.5. The van der Waals surface area contributed by atoms with Gasteiger partial charge in [-0.25, -0.2) is 13.8 Å². The van der Waals surface area contributed by atoms with E-state index in [-0.39, 0.29) is 5.52 Å². The Morgan fingerprint density at radius 2 is 2.19 bits per heavy atom. The summed E-state index contributed by atoms with van der Waals surface area (Å²) in [4.78, 5) is 6.61. The highest BCUT2D eigenvalue weighted by molar-refractivity contribution is 6.17. The van der Waals surface area contributed by atoms with Gasteiger partial charge in [0.2, 0.25) is 0 Å². The van der Waals surface area contributed by atoms with Gasteiger partial charge in [0.25, 0.3) is 0 Å². The molecular formula is C15H18ClF2N3. The molecule has 1 aromatic heterocycles. The summed E-state index contributed by atoms with van der Waals surface area (Å²) in [6.07, 6.45) is 2.80. The molecule has 1 aromatic carbocycles. The van der Waals surface area contributed by atoms with Gasteiger partial charge in [0.1, 0.15) is 17.2 Å². The summed E-state index contributed by atoms with van der Waals surface area (Å²) >= 11 is 5.82. The molecule has 0 spiro atoms. The molecule has 0 amide bonds. The predicted molar refractivity (Wildman–Crippen MR) is 79.7 cm³/mol. The van der Waals surface area contributed by atoms with Crippen molar-refractivity contribution >= 4 is 22.6 Å². The molecule has 1 aliphatic heterocycles. The van der Waals surface area contributed by atoms with E-state index in [9.17, 15) is 8.78 Å². The molecule has 0 bridgehead atoms. The average Bonchev–Trinajstić information content (AvgIpc) is 2.97. The minimum absolute atomic E-state index is 0.233. The van der Waals surface area contributed by atoms with Gasteiger partial charge in [-0.05, 0) is 32.5 Å². The summed E-state index contributed by atoms with van der Waals surface area (Å²) in [5.74, 6) is -0.0454. The Bertz CT molecular complexity index is 656. The summed E-state index contributed by atoms with van der Waals surface area (Å²) < 4.78 is 29.4. The number of rotatable bonds is 4. The van der Waals surface area contributed by atoms with Crippen LogP contribution in [-0.4, -0.2) is 40.0 Å². The Balaban J connectivity index is 2.06. The first-order chi connectivity index (χ1) is 10.1. The topological polar surface area (TPSA) is 21.1 Å². The standard InChI is InChI=1S/C15H18ClF2N3/c1-20-6-2-3-11(20)9-21-13-8-10(17)7-12(18)15(13)19-14(21)4-5-16/h7-8,11H,2-6,9H2,1H3. The number of benzene rings is 1. The maximum absolute atomic E-state index is 13.9. The third-order valence-corrected chi connectivity index (χ3v) is 4.42. The number of aryl methyl sites for hydroxylation is 1. The monoisotopic (exact) mass is 313 g/mol. The van der Waals surface area contributed by atoms with Crippen LogP contribution < -0.4 is 0 Å². The molecule has 114 valence electrons. The third-order valence-electron chi connectivity index (χ3n) is 4.23. The van der Waals surface area contributed by atoms with Crippen molar-refractivity contribution in [1.29, 1.82) is 0 Å². The first-order valence-electron chi connectivity index (χ1n) is 7.20. The van der Waals surface area contributed by atoms with E-state index in [0.717, 1.165) is 31.3 Å². The van der Waals surface area contributed by atoms with Gasteiger partial charge >= 0.3 is 0 Å². The number of likely N-dealkylation sites (N-methyl/N-ethyl adjacent to an activating group) is 1. The van der Waals surface area contributed by atoms with E-state index in [1.807, 2.05) is 4.57 Å². The third kappa shape index (κ3) is 2.77. The SMILES string of the molecule is CN1CCCC1Cn1c(CCCl)nc2c(F)cc(F)cc21. The van der Waals surface area contributed by atoms with Crippen LogP contribution in [0.15, 0.2) is 12.1 Å². The number of hydrogen-bond donors (Lipinski definition) is 0. The van der Waals surface area contributed by atoms with Crippen LogP contribution in [0.2, 0.25) is 0 Å². The minimum Gasteiger partial charge on any atom is -0.326 e. The van der Waals surface area contributed by atoms with Crippen LogP contribution >= 0.6 is 11.6 Å². The lowest BCUT2D eigenvalue weighted by atomic mass is 10.2. The zero-order valence-corrected chi connectivity index (χ0v) is 12.7. The maximum Gasteiger partial charge on any atom is 0.153 e. The molecule has 3 rings (SSSR count). The number of hydrogen-bond acceptors (Lipinski definition) is 2. The lowest BCUT2D eigenvalue weighted by molar-refractivity contribution is 0.282. The lowest BCUT2D eigenvalue weighted by Crippen LogP contribution is -2.30. The van der Waals surface area contributed by atoms with Crippen molar-refractivity contribution in [3.8, 4) is 0 Å². The van der Waals surface area contributed by atoms with Crippen LogP contribution in [0.5, 0.6) is 0 Å². The molecule has 21 heavy (non-hydrogen) atoms. The molecule has 0 aliphatic carbocycles. The Morgan fingerprint density at radius 1 is 1.38 bits per heavy atom. The molecule has 0 saturated carbocycles. The Kier molecular flexibility index (Phi) is 4.13. The van der Waals surface area contributed by atoms with Gasteiger partial charge in [-0.3, -0.25) is 0 Å². The van der Waals surface area contributed by atoms with Crippen molar-refractivity contribution in [3.63, 3.8) is 0 Å². The van der Waals surface area contributed by atoms with E-state index in [4.69, 9.17) is 11.6 Å². The Morgan fingerprint density at radius 3 is 2.86 bits per heavy atom. The molecule has 0 radical (unpaired) electrons. The maximum atomic E-state index is 13.9. The van der Waals surface area contributed by atoms with Crippen LogP contribution in [-0.2, 0) is 13.0 Å².